The molecule has 1 aromatic heterocycles. The van der Waals surface area contributed by atoms with Gasteiger partial charge >= 0.3 is 5.97 Å². The van der Waals surface area contributed by atoms with Crippen molar-refractivity contribution >= 4 is 61.5 Å². The van der Waals surface area contributed by atoms with Gasteiger partial charge in [-0.1, -0.05) is 23.2 Å². The highest BCUT2D eigenvalue weighted by molar-refractivity contribution is 7.89. The van der Waals surface area contributed by atoms with Crippen molar-refractivity contribution in [1.29, 1.82) is 0 Å². The van der Waals surface area contributed by atoms with Crippen LogP contribution >= 0.6 is 23.2 Å². The molecule has 1 fully saturated rings. The fraction of sp³-hybridized carbons (Fsp3) is 0.238. The van der Waals surface area contributed by atoms with E-state index in [1.807, 2.05) is 0 Å². The largest absolute Gasteiger partial charge is 0.494 e. The lowest BCUT2D eigenvalue weighted by Gasteiger charge is -2.27. The number of fused-ring (bicyclic) bond motifs is 1. The molecule has 0 amide bonds. The van der Waals surface area contributed by atoms with Crippen LogP contribution in [-0.2, 0) is 14.8 Å². The molecular formula is C21H19Cl2N3O6S. The summed E-state index contributed by atoms with van der Waals surface area (Å²) in [6, 6.07) is 7.75. The Morgan fingerprint density at radius 1 is 1.21 bits per heavy atom. The maximum atomic E-state index is 13.5. The number of hydrogen-bond donors (Lipinski definition) is 2. The molecule has 1 saturated heterocycles. The number of carboxylic acids is 1. The highest BCUT2D eigenvalue weighted by Crippen LogP contribution is 2.39. The average molecular weight is 512 g/mol. The number of nitrogens with zero attached hydrogens (tertiary/aromatic N) is 2. The van der Waals surface area contributed by atoms with Gasteiger partial charge in [0.25, 0.3) is 0 Å². The Hall–Kier alpha value is -2.63. The van der Waals surface area contributed by atoms with Crippen molar-refractivity contribution in [2.24, 2.45) is 0 Å². The average Bonchev–Trinajstić information content (AvgIpc) is 2.80. The Morgan fingerprint density at radius 2 is 1.94 bits per heavy atom. The van der Waals surface area contributed by atoms with Gasteiger partial charge in [-0.15, -0.1) is 0 Å². The van der Waals surface area contributed by atoms with Crippen molar-refractivity contribution in [3.8, 4) is 5.75 Å². The lowest BCUT2D eigenvalue weighted by atomic mass is 10.1. The number of carboxylic acid groups (broad SMARTS) is 1. The number of carbonyl (C=O) groups is 1. The highest BCUT2D eigenvalue weighted by atomic mass is 35.5. The van der Waals surface area contributed by atoms with Crippen LogP contribution in [0.15, 0.2) is 41.4 Å². The zero-order valence-corrected chi connectivity index (χ0v) is 19.7. The molecule has 174 valence electrons. The summed E-state index contributed by atoms with van der Waals surface area (Å²) in [7, 11) is -2.69. The van der Waals surface area contributed by atoms with Crippen LogP contribution in [0.1, 0.15) is 10.4 Å². The lowest BCUT2D eigenvalue weighted by Crippen LogP contribution is -2.40. The van der Waals surface area contributed by atoms with Crippen LogP contribution in [0.5, 0.6) is 5.75 Å². The van der Waals surface area contributed by atoms with Gasteiger partial charge in [0, 0.05) is 29.7 Å². The predicted octanol–water partition coefficient (Wildman–Crippen LogP) is 4.01. The van der Waals surface area contributed by atoms with Gasteiger partial charge in [-0.25, -0.2) is 13.2 Å². The molecule has 2 heterocycles. The van der Waals surface area contributed by atoms with E-state index in [0.717, 1.165) is 0 Å². The number of pyridine rings is 1. The third kappa shape index (κ3) is 4.44. The van der Waals surface area contributed by atoms with Crippen molar-refractivity contribution in [3.05, 3.63) is 52.1 Å². The second-order valence-electron chi connectivity index (χ2n) is 7.11. The minimum absolute atomic E-state index is 0.0526. The monoisotopic (exact) mass is 511 g/mol. The molecule has 0 radical (unpaired) electrons. The predicted molar refractivity (Wildman–Crippen MR) is 125 cm³/mol. The summed E-state index contributed by atoms with van der Waals surface area (Å²) in [5.41, 5.74) is 0.461. The first kappa shape index (κ1) is 23.5. The number of anilines is 2. The number of rotatable bonds is 6. The second kappa shape index (κ2) is 9.32. The first-order valence-corrected chi connectivity index (χ1v) is 12.0. The summed E-state index contributed by atoms with van der Waals surface area (Å²) in [6.07, 6.45) is 1.25. The molecule has 3 aromatic rings. The number of aromatic carboxylic acids is 1. The van der Waals surface area contributed by atoms with Gasteiger partial charge in [-0.05, 0) is 30.3 Å². The molecule has 0 bridgehead atoms. The number of nitrogens with one attached hydrogen (secondary N) is 1. The first-order valence-electron chi connectivity index (χ1n) is 9.77. The molecule has 2 N–H and O–H groups in total. The third-order valence-electron chi connectivity index (χ3n) is 5.17. The summed E-state index contributed by atoms with van der Waals surface area (Å²) < 4.78 is 38.8. The van der Waals surface area contributed by atoms with Crippen LogP contribution < -0.4 is 10.1 Å². The summed E-state index contributed by atoms with van der Waals surface area (Å²) in [6.45, 7) is 0.910. The number of hydrogen-bond acceptors (Lipinski definition) is 7. The third-order valence-corrected chi connectivity index (χ3v) is 7.61. The normalized spacial score (nSPS) is 14.9. The van der Waals surface area contributed by atoms with Crippen molar-refractivity contribution in [1.82, 2.24) is 9.29 Å². The number of aromatic nitrogens is 1. The second-order valence-corrected chi connectivity index (χ2v) is 9.86. The van der Waals surface area contributed by atoms with Crippen molar-refractivity contribution in [2.75, 3.05) is 38.7 Å². The molecule has 0 atom stereocenters. The Bertz CT molecular complexity index is 1340. The van der Waals surface area contributed by atoms with Crippen molar-refractivity contribution in [3.63, 3.8) is 0 Å². The van der Waals surface area contributed by atoms with Gasteiger partial charge in [0.1, 0.15) is 10.5 Å². The van der Waals surface area contributed by atoms with Gasteiger partial charge < -0.3 is 19.9 Å². The Kier molecular flexibility index (Phi) is 6.64. The molecule has 2 aromatic carbocycles. The van der Waals surface area contributed by atoms with Gasteiger partial charge in [0.05, 0.1) is 42.2 Å². The number of morpholine rings is 1. The smallest absolute Gasteiger partial charge is 0.341 e. The fourth-order valence-corrected chi connectivity index (χ4v) is 5.52. The number of ether oxygens (including phenoxy) is 2. The zero-order chi connectivity index (χ0) is 23.8. The van der Waals surface area contributed by atoms with E-state index in [1.54, 1.807) is 18.2 Å². The van der Waals surface area contributed by atoms with Crippen LogP contribution in [0.25, 0.3) is 10.9 Å². The van der Waals surface area contributed by atoms with Crippen LogP contribution in [0.2, 0.25) is 10.0 Å². The molecule has 0 unspecified atom stereocenters. The van der Waals surface area contributed by atoms with Gasteiger partial charge in [0.2, 0.25) is 10.0 Å². The van der Waals surface area contributed by atoms with Gasteiger partial charge in [0.15, 0.2) is 5.75 Å². The topological polar surface area (TPSA) is 118 Å². The summed E-state index contributed by atoms with van der Waals surface area (Å²) in [4.78, 5) is 16.2. The maximum Gasteiger partial charge on any atom is 0.341 e. The number of halogens is 2. The lowest BCUT2D eigenvalue weighted by molar-refractivity contribution is 0.0694. The van der Waals surface area contributed by atoms with Crippen LogP contribution in [0.4, 0.5) is 11.4 Å². The van der Waals surface area contributed by atoms with E-state index >= 15 is 0 Å². The van der Waals surface area contributed by atoms with Crippen LogP contribution in [0.3, 0.4) is 0 Å². The van der Waals surface area contributed by atoms with E-state index < -0.39 is 16.0 Å². The minimum Gasteiger partial charge on any atom is -0.494 e. The Balaban J connectivity index is 1.96. The Labute approximate surface area is 199 Å². The van der Waals surface area contributed by atoms with Crippen LogP contribution in [-0.4, -0.2) is 62.2 Å². The summed E-state index contributed by atoms with van der Waals surface area (Å²) >= 11 is 12.3. The maximum absolute atomic E-state index is 13.5. The molecule has 0 aliphatic carbocycles. The molecule has 1 aliphatic rings. The van der Waals surface area contributed by atoms with Crippen molar-refractivity contribution < 1.29 is 27.8 Å². The summed E-state index contributed by atoms with van der Waals surface area (Å²) in [5, 5.41) is 13.7. The van der Waals surface area contributed by atoms with E-state index in [9.17, 15) is 18.3 Å². The SMILES string of the molecule is COc1c(Cl)ccc(Nc2c(S(=O)(=O)N3CCOCC3)cnc3ccc(Cl)cc23)c1C(=O)O. The van der Waals surface area contributed by atoms with Gasteiger partial charge in [-0.3, -0.25) is 4.98 Å². The first-order chi connectivity index (χ1) is 15.7. The molecule has 9 nitrogen and oxygen atoms in total. The standard InChI is InChI=1S/C21H19Cl2N3O6S/c1-31-20-14(23)3-5-16(18(20)21(27)28)25-19-13-10-12(22)2-4-15(13)24-11-17(19)33(29,30)26-6-8-32-9-7-26/h2-5,10-11H,6-9H2,1H3,(H,24,25)(H,27,28). The zero-order valence-electron chi connectivity index (χ0n) is 17.3. The van der Waals surface area contributed by atoms with Crippen molar-refractivity contribution in [2.45, 2.75) is 4.90 Å². The van der Waals surface area contributed by atoms with Gasteiger partial charge in [-0.2, -0.15) is 4.31 Å². The van der Waals surface area contributed by atoms with E-state index in [1.165, 1.54) is 29.7 Å². The summed E-state index contributed by atoms with van der Waals surface area (Å²) in [5.74, 6) is -1.35. The molecular weight excluding hydrogens is 493 g/mol. The molecule has 0 saturated carbocycles. The molecule has 12 heteroatoms. The van der Waals surface area contributed by atoms with E-state index in [0.29, 0.717) is 15.9 Å². The number of benzene rings is 2. The molecule has 33 heavy (non-hydrogen) atoms. The molecule has 0 spiro atoms. The van der Waals surface area contributed by atoms with Crippen LogP contribution in [0, 0.1) is 0 Å². The van der Waals surface area contributed by atoms with E-state index in [-0.39, 0.29) is 58.9 Å². The Morgan fingerprint density at radius 3 is 2.61 bits per heavy atom. The van der Waals surface area contributed by atoms with E-state index in [4.69, 9.17) is 32.7 Å². The number of methoxy groups -OCH3 is 1. The molecule has 1 aliphatic heterocycles. The molecule has 4 rings (SSSR count). The quantitative estimate of drug-likeness (QED) is 0.509. The number of sulfonamides is 1. The van der Waals surface area contributed by atoms with E-state index in [2.05, 4.69) is 10.3 Å². The highest BCUT2D eigenvalue weighted by Gasteiger charge is 2.31. The fourth-order valence-electron chi connectivity index (χ4n) is 3.61. The minimum atomic E-state index is -3.99.